The van der Waals surface area contributed by atoms with Gasteiger partial charge in [0.15, 0.2) is 0 Å². The SMILES string of the molecule is CCOC(=O)N1CCC(COCCCO)CC1. The Hall–Kier alpha value is -0.810. The number of carbonyl (C=O) groups excluding carboxylic acids is 1. The van der Waals surface area contributed by atoms with Crippen molar-refractivity contribution in [1.29, 1.82) is 0 Å². The molecule has 0 saturated carbocycles. The van der Waals surface area contributed by atoms with Gasteiger partial charge in [0, 0.05) is 32.9 Å². The molecule has 0 aromatic rings. The Kier molecular flexibility index (Phi) is 6.96. The van der Waals surface area contributed by atoms with Gasteiger partial charge >= 0.3 is 6.09 Å². The van der Waals surface area contributed by atoms with Gasteiger partial charge in [-0.15, -0.1) is 0 Å². The summed E-state index contributed by atoms with van der Waals surface area (Å²) in [7, 11) is 0. The van der Waals surface area contributed by atoms with Crippen LogP contribution >= 0.6 is 0 Å². The third-order valence-electron chi connectivity index (χ3n) is 2.94. The number of aliphatic hydroxyl groups is 1. The summed E-state index contributed by atoms with van der Waals surface area (Å²) in [6.45, 7) is 5.30. The maximum atomic E-state index is 11.4. The predicted molar refractivity (Wildman–Crippen MR) is 63.8 cm³/mol. The van der Waals surface area contributed by atoms with Crippen molar-refractivity contribution in [2.24, 2.45) is 5.92 Å². The monoisotopic (exact) mass is 245 g/mol. The second-order valence-electron chi connectivity index (χ2n) is 4.28. The maximum Gasteiger partial charge on any atom is 0.409 e. The van der Waals surface area contributed by atoms with Crippen LogP contribution in [-0.4, -0.2) is 55.6 Å². The molecule has 0 bridgehead atoms. The van der Waals surface area contributed by atoms with E-state index < -0.39 is 0 Å². The lowest BCUT2D eigenvalue weighted by atomic mass is 9.98. The van der Waals surface area contributed by atoms with Crippen LogP contribution < -0.4 is 0 Å². The van der Waals surface area contributed by atoms with Gasteiger partial charge in [-0.3, -0.25) is 0 Å². The molecule has 1 N–H and O–H groups in total. The van der Waals surface area contributed by atoms with E-state index in [9.17, 15) is 4.79 Å². The maximum absolute atomic E-state index is 11.4. The van der Waals surface area contributed by atoms with E-state index in [-0.39, 0.29) is 12.7 Å². The minimum atomic E-state index is -0.202. The van der Waals surface area contributed by atoms with Crippen LogP contribution in [0.1, 0.15) is 26.2 Å². The zero-order valence-corrected chi connectivity index (χ0v) is 10.6. The fraction of sp³-hybridized carbons (Fsp3) is 0.917. The van der Waals surface area contributed by atoms with Crippen molar-refractivity contribution in [2.75, 3.05) is 39.5 Å². The number of hydrogen-bond acceptors (Lipinski definition) is 4. The molecular weight excluding hydrogens is 222 g/mol. The van der Waals surface area contributed by atoms with Crippen LogP contribution in [0.3, 0.4) is 0 Å². The summed E-state index contributed by atoms with van der Waals surface area (Å²) in [5.74, 6) is 0.527. The molecule has 0 atom stereocenters. The van der Waals surface area contributed by atoms with E-state index in [4.69, 9.17) is 14.6 Å². The van der Waals surface area contributed by atoms with Gasteiger partial charge in [-0.05, 0) is 32.1 Å². The van der Waals surface area contributed by atoms with Crippen LogP contribution in [0.4, 0.5) is 4.79 Å². The van der Waals surface area contributed by atoms with E-state index in [0.29, 0.717) is 25.6 Å². The molecule has 0 unspecified atom stereocenters. The van der Waals surface area contributed by atoms with Crippen molar-refractivity contribution >= 4 is 6.09 Å². The number of amides is 1. The molecule has 1 aliphatic rings. The Morgan fingerprint density at radius 2 is 2.12 bits per heavy atom. The van der Waals surface area contributed by atoms with Crippen molar-refractivity contribution in [3.05, 3.63) is 0 Å². The number of carbonyl (C=O) groups is 1. The molecule has 1 aliphatic heterocycles. The molecule has 0 aromatic heterocycles. The summed E-state index contributed by atoms with van der Waals surface area (Å²) in [6, 6.07) is 0. The Balaban J connectivity index is 2.11. The van der Waals surface area contributed by atoms with E-state index in [1.54, 1.807) is 4.90 Å². The molecule has 1 saturated heterocycles. The average molecular weight is 245 g/mol. The molecule has 1 rings (SSSR count). The number of likely N-dealkylation sites (tertiary alicyclic amines) is 1. The molecule has 0 aliphatic carbocycles. The van der Waals surface area contributed by atoms with Crippen LogP contribution in [0.25, 0.3) is 0 Å². The Morgan fingerprint density at radius 1 is 1.41 bits per heavy atom. The molecule has 17 heavy (non-hydrogen) atoms. The van der Waals surface area contributed by atoms with Gasteiger partial charge in [0.25, 0.3) is 0 Å². The average Bonchev–Trinajstić information content (AvgIpc) is 2.36. The summed E-state index contributed by atoms with van der Waals surface area (Å²) in [4.78, 5) is 13.2. The van der Waals surface area contributed by atoms with Crippen molar-refractivity contribution in [2.45, 2.75) is 26.2 Å². The molecule has 1 fully saturated rings. The van der Waals surface area contributed by atoms with Crippen molar-refractivity contribution in [3.63, 3.8) is 0 Å². The Morgan fingerprint density at radius 3 is 2.71 bits per heavy atom. The first-order valence-corrected chi connectivity index (χ1v) is 6.38. The molecular formula is C12H23NO4. The highest BCUT2D eigenvalue weighted by atomic mass is 16.6. The first-order chi connectivity index (χ1) is 8.27. The fourth-order valence-electron chi connectivity index (χ4n) is 1.91. The van der Waals surface area contributed by atoms with Crippen LogP contribution in [0.5, 0.6) is 0 Å². The highest BCUT2D eigenvalue weighted by molar-refractivity contribution is 5.67. The molecule has 1 heterocycles. The first-order valence-electron chi connectivity index (χ1n) is 6.38. The number of hydrogen-bond donors (Lipinski definition) is 1. The lowest BCUT2D eigenvalue weighted by Crippen LogP contribution is -2.39. The lowest BCUT2D eigenvalue weighted by molar-refractivity contribution is 0.0515. The van der Waals surface area contributed by atoms with E-state index in [1.165, 1.54) is 0 Å². The van der Waals surface area contributed by atoms with Crippen LogP contribution in [-0.2, 0) is 9.47 Å². The van der Waals surface area contributed by atoms with Crippen LogP contribution in [0.2, 0.25) is 0 Å². The van der Waals surface area contributed by atoms with Crippen molar-refractivity contribution < 1.29 is 19.4 Å². The zero-order chi connectivity index (χ0) is 12.5. The molecule has 0 radical (unpaired) electrons. The number of nitrogens with zero attached hydrogens (tertiary/aromatic N) is 1. The summed E-state index contributed by atoms with van der Waals surface area (Å²) >= 11 is 0. The molecule has 1 amide bonds. The third-order valence-corrected chi connectivity index (χ3v) is 2.94. The van der Waals surface area contributed by atoms with E-state index in [2.05, 4.69) is 0 Å². The van der Waals surface area contributed by atoms with Gasteiger partial charge in [-0.2, -0.15) is 0 Å². The van der Waals surface area contributed by atoms with Crippen LogP contribution in [0, 0.1) is 5.92 Å². The van der Waals surface area contributed by atoms with E-state index in [1.807, 2.05) is 6.92 Å². The third kappa shape index (κ3) is 5.37. The zero-order valence-electron chi connectivity index (χ0n) is 10.6. The Labute approximate surface area is 103 Å². The molecule has 5 nitrogen and oxygen atoms in total. The Bertz CT molecular complexity index is 215. The van der Waals surface area contributed by atoms with Gasteiger partial charge in [0.1, 0.15) is 0 Å². The van der Waals surface area contributed by atoms with Crippen molar-refractivity contribution in [3.8, 4) is 0 Å². The smallest absolute Gasteiger partial charge is 0.409 e. The second-order valence-corrected chi connectivity index (χ2v) is 4.28. The van der Waals surface area contributed by atoms with Gasteiger partial charge in [0.05, 0.1) is 6.61 Å². The standard InChI is InChI=1S/C12H23NO4/c1-2-17-12(15)13-6-4-11(5-7-13)10-16-9-3-8-14/h11,14H,2-10H2,1H3. The normalized spacial score (nSPS) is 17.2. The number of piperidine rings is 1. The summed E-state index contributed by atoms with van der Waals surface area (Å²) < 4.78 is 10.4. The molecule has 0 aromatic carbocycles. The summed E-state index contributed by atoms with van der Waals surface area (Å²) in [6.07, 6.45) is 2.43. The molecule has 0 spiro atoms. The minimum Gasteiger partial charge on any atom is -0.450 e. The number of rotatable bonds is 6. The van der Waals surface area contributed by atoms with Crippen molar-refractivity contribution in [1.82, 2.24) is 4.90 Å². The largest absolute Gasteiger partial charge is 0.450 e. The van der Waals surface area contributed by atoms with Crippen LogP contribution in [0.15, 0.2) is 0 Å². The van der Waals surface area contributed by atoms with E-state index in [0.717, 1.165) is 32.5 Å². The quantitative estimate of drug-likeness (QED) is 0.716. The van der Waals surface area contributed by atoms with Gasteiger partial charge < -0.3 is 19.5 Å². The molecule has 5 heteroatoms. The lowest BCUT2D eigenvalue weighted by Gasteiger charge is -2.31. The number of aliphatic hydroxyl groups excluding tert-OH is 1. The predicted octanol–water partition coefficient (Wildman–Crippen LogP) is 1.25. The highest BCUT2D eigenvalue weighted by Crippen LogP contribution is 2.18. The first kappa shape index (κ1) is 14.3. The second kappa shape index (κ2) is 8.31. The fourth-order valence-corrected chi connectivity index (χ4v) is 1.91. The summed E-state index contributed by atoms with van der Waals surface area (Å²) in [5, 5.41) is 8.61. The van der Waals surface area contributed by atoms with Gasteiger partial charge in [-0.1, -0.05) is 0 Å². The van der Waals surface area contributed by atoms with E-state index >= 15 is 0 Å². The number of ether oxygens (including phenoxy) is 2. The topological polar surface area (TPSA) is 59.0 Å². The van der Waals surface area contributed by atoms with Gasteiger partial charge in [0.2, 0.25) is 0 Å². The summed E-state index contributed by atoms with van der Waals surface area (Å²) in [5.41, 5.74) is 0. The minimum absolute atomic E-state index is 0.182. The highest BCUT2D eigenvalue weighted by Gasteiger charge is 2.23. The molecule has 100 valence electrons. The van der Waals surface area contributed by atoms with Gasteiger partial charge in [-0.25, -0.2) is 4.79 Å².